The van der Waals surface area contributed by atoms with Gasteiger partial charge in [0.25, 0.3) is 5.91 Å². The van der Waals surface area contributed by atoms with Crippen LogP contribution in [0.25, 0.3) is 10.9 Å². The van der Waals surface area contributed by atoms with Crippen molar-refractivity contribution in [3.05, 3.63) is 71.4 Å². The third-order valence-corrected chi connectivity index (χ3v) is 4.82. The van der Waals surface area contributed by atoms with E-state index < -0.39 is 17.2 Å². The summed E-state index contributed by atoms with van der Waals surface area (Å²) in [5.74, 6) is -1.39. The summed E-state index contributed by atoms with van der Waals surface area (Å²) in [6.45, 7) is -0.110. The smallest absolute Gasteiger partial charge is 0.252 e. The molecule has 5 nitrogen and oxygen atoms in total. The first kappa shape index (κ1) is 18.3. The quantitative estimate of drug-likeness (QED) is 0.684. The number of fused-ring (bicyclic) bond motifs is 1. The Labute approximate surface area is 160 Å². The topological polar surface area (TPSA) is 71.5 Å². The van der Waals surface area contributed by atoms with E-state index in [1.165, 1.54) is 24.4 Å². The predicted octanol–water partition coefficient (Wildman–Crippen LogP) is 3.35. The average Bonchev–Trinajstić information content (AvgIpc) is 3.43. The first-order chi connectivity index (χ1) is 13.5. The maximum Gasteiger partial charge on any atom is 0.252 e. The Bertz CT molecular complexity index is 1030. The maximum absolute atomic E-state index is 13.8. The number of nitrogens with zero attached hydrogens (tertiary/aromatic N) is 1. The third kappa shape index (κ3) is 3.66. The van der Waals surface area contributed by atoms with Crippen molar-refractivity contribution in [2.75, 3.05) is 6.54 Å². The third-order valence-electron chi connectivity index (χ3n) is 4.82. The summed E-state index contributed by atoms with van der Waals surface area (Å²) in [5, 5.41) is 13.2. The van der Waals surface area contributed by atoms with E-state index in [0.29, 0.717) is 35.1 Å². The summed E-state index contributed by atoms with van der Waals surface area (Å²) in [6, 6.07) is 10.2. The van der Waals surface area contributed by atoms with Crippen molar-refractivity contribution in [3.8, 4) is 5.75 Å². The molecule has 0 bridgehead atoms. The molecule has 0 radical (unpaired) electrons. The Morgan fingerprint density at radius 1 is 1.14 bits per heavy atom. The fourth-order valence-electron chi connectivity index (χ4n) is 2.94. The van der Waals surface area contributed by atoms with Crippen molar-refractivity contribution in [2.24, 2.45) is 0 Å². The first-order valence-electron chi connectivity index (χ1n) is 8.91. The van der Waals surface area contributed by atoms with E-state index in [-0.39, 0.29) is 24.6 Å². The van der Waals surface area contributed by atoms with Crippen LogP contribution in [0.5, 0.6) is 5.75 Å². The van der Waals surface area contributed by atoms with Gasteiger partial charge in [0.15, 0.2) is 0 Å². The van der Waals surface area contributed by atoms with Crippen molar-refractivity contribution in [1.82, 2.24) is 10.3 Å². The van der Waals surface area contributed by atoms with Gasteiger partial charge in [0.05, 0.1) is 16.7 Å². The Hall–Kier alpha value is -3.06. The van der Waals surface area contributed by atoms with Gasteiger partial charge < -0.3 is 15.2 Å². The van der Waals surface area contributed by atoms with Crippen molar-refractivity contribution in [2.45, 2.75) is 25.0 Å². The molecule has 28 heavy (non-hydrogen) atoms. The van der Waals surface area contributed by atoms with Gasteiger partial charge in [-0.25, -0.2) is 8.78 Å². The molecule has 1 aromatic heterocycles. The highest BCUT2D eigenvalue weighted by Gasteiger charge is 2.40. The molecule has 4 rings (SSSR count). The minimum atomic E-state index is -0.795. The Morgan fingerprint density at radius 3 is 2.57 bits per heavy atom. The molecule has 3 aromatic rings. The van der Waals surface area contributed by atoms with Gasteiger partial charge in [-0.2, -0.15) is 0 Å². The highest BCUT2D eigenvalue weighted by atomic mass is 19.1. The maximum atomic E-state index is 13.8. The number of amides is 1. The molecule has 0 saturated heterocycles. The van der Waals surface area contributed by atoms with Crippen LogP contribution in [-0.2, 0) is 6.61 Å². The molecule has 1 heterocycles. The summed E-state index contributed by atoms with van der Waals surface area (Å²) in [5.41, 5.74) is -0.170. The van der Waals surface area contributed by atoms with E-state index in [9.17, 15) is 18.7 Å². The summed E-state index contributed by atoms with van der Waals surface area (Å²) < 4.78 is 33.2. The molecule has 1 fully saturated rings. The van der Waals surface area contributed by atoms with Gasteiger partial charge in [-0.15, -0.1) is 0 Å². The molecule has 0 aliphatic heterocycles. The van der Waals surface area contributed by atoms with E-state index >= 15 is 0 Å². The average molecular weight is 384 g/mol. The van der Waals surface area contributed by atoms with Gasteiger partial charge in [0, 0.05) is 18.1 Å². The molecule has 144 valence electrons. The standard InChI is InChI=1S/C21H18F2N2O3/c22-16-4-2-5-17(23)15(16)11-28-18-6-1-3-13-14(7-10-24-19(13)18)20(26)25-12-21(27)8-9-21/h1-7,10,27H,8-9,11-12H2,(H,25,26). The lowest BCUT2D eigenvalue weighted by atomic mass is 10.1. The fourth-order valence-corrected chi connectivity index (χ4v) is 2.94. The van der Waals surface area contributed by atoms with Gasteiger partial charge in [0.1, 0.15) is 29.5 Å². The lowest BCUT2D eigenvalue weighted by Crippen LogP contribution is -2.33. The van der Waals surface area contributed by atoms with Crippen LogP contribution in [0.4, 0.5) is 8.78 Å². The van der Waals surface area contributed by atoms with E-state index in [2.05, 4.69) is 10.3 Å². The molecule has 1 aliphatic rings. The molecule has 0 spiro atoms. The monoisotopic (exact) mass is 384 g/mol. The zero-order valence-electron chi connectivity index (χ0n) is 14.9. The summed E-state index contributed by atoms with van der Waals surface area (Å²) >= 11 is 0. The molecule has 7 heteroatoms. The number of hydrogen-bond acceptors (Lipinski definition) is 4. The highest BCUT2D eigenvalue weighted by Crippen LogP contribution is 2.34. The second kappa shape index (κ2) is 7.16. The molecule has 1 amide bonds. The minimum absolute atomic E-state index is 0.175. The van der Waals surface area contributed by atoms with Gasteiger partial charge in [0.2, 0.25) is 0 Å². The van der Waals surface area contributed by atoms with Gasteiger partial charge in [-0.1, -0.05) is 18.2 Å². The number of halogens is 2. The van der Waals surface area contributed by atoms with Gasteiger partial charge >= 0.3 is 0 Å². The van der Waals surface area contributed by atoms with Crippen molar-refractivity contribution >= 4 is 16.8 Å². The summed E-state index contributed by atoms with van der Waals surface area (Å²) in [6.07, 6.45) is 2.82. The van der Waals surface area contributed by atoms with Crippen molar-refractivity contribution in [3.63, 3.8) is 0 Å². The second-order valence-corrected chi connectivity index (χ2v) is 6.91. The van der Waals surface area contributed by atoms with E-state index in [1.807, 2.05) is 0 Å². The molecule has 1 aliphatic carbocycles. The molecule has 0 unspecified atom stereocenters. The summed E-state index contributed by atoms with van der Waals surface area (Å²) in [7, 11) is 0. The number of rotatable bonds is 6. The minimum Gasteiger partial charge on any atom is -0.486 e. The van der Waals surface area contributed by atoms with Crippen LogP contribution in [0.2, 0.25) is 0 Å². The van der Waals surface area contributed by atoms with E-state index in [4.69, 9.17) is 4.74 Å². The van der Waals surface area contributed by atoms with E-state index in [1.54, 1.807) is 24.3 Å². The SMILES string of the molecule is O=C(NCC1(O)CC1)c1ccnc2c(OCc3c(F)cccc3F)cccc12. The zero-order chi connectivity index (χ0) is 19.7. The number of benzene rings is 2. The number of pyridine rings is 1. The van der Waals surface area contributed by atoms with Crippen LogP contribution >= 0.6 is 0 Å². The largest absolute Gasteiger partial charge is 0.486 e. The Kier molecular flexibility index (Phi) is 4.68. The fraction of sp³-hybridized carbons (Fsp3) is 0.238. The van der Waals surface area contributed by atoms with Crippen molar-refractivity contribution in [1.29, 1.82) is 0 Å². The number of hydrogen-bond donors (Lipinski definition) is 2. The molecular weight excluding hydrogens is 366 g/mol. The second-order valence-electron chi connectivity index (χ2n) is 6.91. The number of nitrogens with one attached hydrogen (secondary N) is 1. The molecule has 0 atom stereocenters. The Balaban J connectivity index is 1.59. The van der Waals surface area contributed by atoms with Crippen LogP contribution in [0.15, 0.2) is 48.7 Å². The molecule has 2 N–H and O–H groups in total. The number of para-hydroxylation sites is 1. The number of carbonyl (C=O) groups excluding carboxylic acids is 1. The molecule has 2 aromatic carbocycles. The first-order valence-corrected chi connectivity index (χ1v) is 8.91. The van der Waals surface area contributed by atoms with Crippen LogP contribution < -0.4 is 10.1 Å². The number of aliphatic hydroxyl groups is 1. The van der Waals surface area contributed by atoms with Crippen LogP contribution in [-0.4, -0.2) is 28.1 Å². The normalized spacial score (nSPS) is 14.7. The predicted molar refractivity (Wildman–Crippen MR) is 99.0 cm³/mol. The van der Waals surface area contributed by atoms with Crippen molar-refractivity contribution < 1.29 is 23.4 Å². The highest BCUT2D eigenvalue weighted by molar-refractivity contribution is 6.07. The van der Waals surface area contributed by atoms with E-state index in [0.717, 1.165) is 0 Å². The molecular formula is C21H18F2N2O3. The lowest BCUT2D eigenvalue weighted by molar-refractivity contribution is 0.0897. The van der Waals surface area contributed by atoms with Crippen LogP contribution in [0.1, 0.15) is 28.8 Å². The zero-order valence-corrected chi connectivity index (χ0v) is 14.9. The van der Waals surface area contributed by atoms with Gasteiger partial charge in [-0.3, -0.25) is 9.78 Å². The summed E-state index contributed by atoms with van der Waals surface area (Å²) in [4.78, 5) is 16.8. The van der Waals surface area contributed by atoms with Crippen LogP contribution in [0, 0.1) is 11.6 Å². The number of ether oxygens (including phenoxy) is 1. The number of aromatic nitrogens is 1. The van der Waals surface area contributed by atoms with Gasteiger partial charge in [-0.05, 0) is 37.1 Å². The Morgan fingerprint density at radius 2 is 1.86 bits per heavy atom. The number of carbonyl (C=O) groups is 1. The lowest BCUT2D eigenvalue weighted by Gasteiger charge is -2.13. The molecule has 1 saturated carbocycles. The van der Waals surface area contributed by atoms with Crippen LogP contribution in [0.3, 0.4) is 0 Å².